The van der Waals surface area contributed by atoms with E-state index in [-0.39, 0.29) is 17.9 Å². The summed E-state index contributed by atoms with van der Waals surface area (Å²) in [5.41, 5.74) is 3.85. The molecule has 5 rings (SSSR count). The lowest BCUT2D eigenvalue weighted by atomic mass is 10.1. The number of nitrogens with one attached hydrogen (secondary N) is 1. The Balaban J connectivity index is 1.39. The van der Waals surface area contributed by atoms with Crippen LogP contribution >= 0.6 is 23.2 Å². The molecule has 202 valence electrons. The number of imide groups is 2. The van der Waals surface area contributed by atoms with Crippen molar-refractivity contribution in [1.29, 1.82) is 0 Å². The van der Waals surface area contributed by atoms with Crippen molar-refractivity contribution in [3.63, 3.8) is 0 Å². The van der Waals surface area contributed by atoms with E-state index in [1.54, 1.807) is 12.1 Å². The molecule has 4 aromatic rings. The normalized spacial score (nSPS) is 14.6. The SMILES string of the molecule is Cc1cc(/C=C2\C(=O)NC(=O)N(c3ccc(F)cc3)C2=O)c(C)n1-c1ccc(OCc2ccc(Cl)cc2Cl)cc1. The Morgan fingerprint density at radius 2 is 1.57 bits per heavy atom. The summed E-state index contributed by atoms with van der Waals surface area (Å²) in [6, 6.07) is 18.5. The zero-order chi connectivity index (χ0) is 28.6. The molecule has 0 radical (unpaired) electrons. The van der Waals surface area contributed by atoms with E-state index in [4.69, 9.17) is 27.9 Å². The average molecular weight is 578 g/mol. The van der Waals surface area contributed by atoms with Gasteiger partial charge < -0.3 is 9.30 Å². The highest BCUT2D eigenvalue weighted by molar-refractivity contribution is 6.39. The van der Waals surface area contributed by atoms with Gasteiger partial charge in [-0.1, -0.05) is 29.3 Å². The van der Waals surface area contributed by atoms with Crippen LogP contribution < -0.4 is 15.0 Å². The lowest BCUT2D eigenvalue weighted by molar-refractivity contribution is -0.122. The van der Waals surface area contributed by atoms with E-state index in [1.807, 2.05) is 54.8 Å². The molecule has 1 aliphatic rings. The monoisotopic (exact) mass is 577 g/mol. The molecule has 3 aromatic carbocycles. The number of rotatable bonds is 6. The molecule has 0 spiro atoms. The Labute approximate surface area is 239 Å². The van der Waals surface area contributed by atoms with Crippen LogP contribution in [-0.2, 0) is 16.2 Å². The number of nitrogens with zero attached hydrogens (tertiary/aromatic N) is 2. The summed E-state index contributed by atoms with van der Waals surface area (Å²) in [5, 5.41) is 3.26. The minimum atomic E-state index is -0.898. The van der Waals surface area contributed by atoms with E-state index in [0.717, 1.165) is 39.7 Å². The number of ether oxygens (including phenoxy) is 1. The lowest BCUT2D eigenvalue weighted by Gasteiger charge is -2.26. The Hall–Kier alpha value is -4.40. The van der Waals surface area contributed by atoms with Crippen molar-refractivity contribution < 1.29 is 23.5 Å². The predicted molar refractivity (Wildman–Crippen MR) is 151 cm³/mol. The number of halogens is 3. The fourth-order valence-corrected chi connectivity index (χ4v) is 4.92. The Bertz CT molecular complexity index is 1680. The molecule has 0 atom stereocenters. The van der Waals surface area contributed by atoms with Crippen molar-refractivity contribution in [3.8, 4) is 11.4 Å². The van der Waals surface area contributed by atoms with Gasteiger partial charge >= 0.3 is 6.03 Å². The van der Waals surface area contributed by atoms with Gasteiger partial charge in [0, 0.05) is 32.7 Å². The van der Waals surface area contributed by atoms with E-state index in [9.17, 15) is 18.8 Å². The highest BCUT2D eigenvalue weighted by Gasteiger charge is 2.37. The summed E-state index contributed by atoms with van der Waals surface area (Å²) >= 11 is 12.2. The van der Waals surface area contributed by atoms with Crippen LogP contribution in [0.4, 0.5) is 14.9 Å². The first kappa shape index (κ1) is 27.2. The molecule has 7 nitrogen and oxygen atoms in total. The second-order valence-corrected chi connectivity index (χ2v) is 9.96. The third-order valence-electron chi connectivity index (χ3n) is 6.46. The maximum Gasteiger partial charge on any atom is 0.335 e. The average Bonchev–Trinajstić information content (AvgIpc) is 3.19. The van der Waals surface area contributed by atoms with Crippen LogP contribution in [-0.4, -0.2) is 22.4 Å². The topological polar surface area (TPSA) is 80.6 Å². The summed E-state index contributed by atoms with van der Waals surface area (Å²) < 4.78 is 21.2. The molecule has 0 saturated carbocycles. The molecule has 1 aromatic heterocycles. The first-order valence-corrected chi connectivity index (χ1v) is 12.9. The van der Waals surface area contributed by atoms with Crippen LogP contribution in [0.25, 0.3) is 11.8 Å². The molecule has 10 heteroatoms. The van der Waals surface area contributed by atoms with Gasteiger partial charge in [-0.25, -0.2) is 14.1 Å². The second-order valence-electron chi connectivity index (χ2n) is 9.11. The molecule has 0 unspecified atom stereocenters. The van der Waals surface area contributed by atoms with Gasteiger partial charge in [-0.2, -0.15) is 0 Å². The maximum absolute atomic E-state index is 13.4. The van der Waals surface area contributed by atoms with Crippen molar-refractivity contribution in [2.75, 3.05) is 4.90 Å². The number of urea groups is 1. The highest BCUT2D eigenvalue weighted by Crippen LogP contribution is 2.28. The quantitative estimate of drug-likeness (QED) is 0.202. The zero-order valence-corrected chi connectivity index (χ0v) is 22.9. The van der Waals surface area contributed by atoms with E-state index >= 15 is 0 Å². The minimum Gasteiger partial charge on any atom is -0.489 e. The molecule has 1 aliphatic heterocycles. The van der Waals surface area contributed by atoms with Crippen molar-refractivity contribution in [2.45, 2.75) is 20.5 Å². The number of amides is 4. The highest BCUT2D eigenvalue weighted by atomic mass is 35.5. The van der Waals surface area contributed by atoms with Crippen molar-refractivity contribution in [2.24, 2.45) is 0 Å². The van der Waals surface area contributed by atoms with Crippen molar-refractivity contribution in [3.05, 3.63) is 117 Å². The summed E-state index contributed by atoms with van der Waals surface area (Å²) in [5.74, 6) is -1.47. The number of anilines is 1. The van der Waals surface area contributed by atoms with Gasteiger partial charge in [0.25, 0.3) is 11.8 Å². The number of barbiturate groups is 1. The third-order valence-corrected chi connectivity index (χ3v) is 7.05. The van der Waals surface area contributed by atoms with E-state index in [1.165, 1.54) is 18.2 Å². The van der Waals surface area contributed by atoms with Gasteiger partial charge in [0.15, 0.2) is 0 Å². The summed E-state index contributed by atoms with van der Waals surface area (Å²) in [6.45, 7) is 4.04. The van der Waals surface area contributed by atoms with Crippen LogP contribution in [0.15, 0.2) is 78.4 Å². The molecule has 2 heterocycles. The maximum atomic E-state index is 13.4. The summed E-state index contributed by atoms with van der Waals surface area (Å²) in [7, 11) is 0. The van der Waals surface area contributed by atoms with Gasteiger partial charge in [0.2, 0.25) is 0 Å². The Kier molecular flexibility index (Phi) is 7.47. The fraction of sp³-hybridized carbons (Fsp3) is 0.100. The van der Waals surface area contributed by atoms with Gasteiger partial charge in [-0.05, 0) is 92.2 Å². The number of aryl methyl sites for hydroxylation is 1. The Morgan fingerprint density at radius 1 is 0.900 bits per heavy atom. The van der Waals surface area contributed by atoms with Crippen molar-refractivity contribution >= 4 is 52.8 Å². The zero-order valence-electron chi connectivity index (χ0n) is 21.4. The molecular weight excluding hydrogens is 556 g/mol. The first-order valence-electron chi connectivity index (χ1n) is 12.2. The lowest BCUT2D eigenvalue weighted by Crippen LogP contribution is -2.54. The third kappa shape index (κ3) is 5.36. The van der Waals surface area contributed by atoms with Gasteiger partial charge in [0.1, 0.15) is 23.7 Å². The second kappa shape index (κ2) is 11.0. The van der Waals surface area contributed by atoms with Crippen molar-refractivity contribution in [1.82, 2.24) is 9.88 Å². The van der Waals surface area contributed by atoms with E-state index in [0.29, 0.717) is 21.4 Å². The van der Waals surface area contributed by atoms with E-state index < -0.39 is 23.7 Å². The molecule has 40 heavy (non-hydrogen) atoms. The predicted octanol–water partition coefficient (Wildman–Crippen LogP) is 6.79. The number of hydrogen-bond acceptors (Lipinski definition) is 4. The molecule has 1 saturated heterocycles. The van der Waals surface area contributed by atoms with Gasteiger partial charge in [-0.15, -0.1) is 0 Å². The molecule has 4 amide bonds. The Morgan fingerprint density at radius 3 is 2.25 bits per heavy atom. The molecule has 0 aliphatic carbocycles. The number of benzene rings is 3. The summed E-state index contributed by atoms with van der Waals surface area (Å²) in [4.78, 5) is 39.0. The largest absolute Gasteiger partial charge is 0.489 e. The van der Waals surface area contributed by atoms with Crippen LogP contribution in [0.5, 0.6) is 5.75 Å². The number of aromatic nitrogens is 1. The molecular formula is C30H22Cl2FN3O4. The standard InChI is InChI=1S/C30H22Cl2FN3O4/c1-17-13-20(14-26-28(37)34-30(39)36(29(26)38)24-7-5-22(33)6-8-24)18(2)35(17)23-9-11-25(12-10-23)40-16-19-3-4-21(31)15-27(19)32/h3-15H,16H2,1-2H3,(H,34,37,39)/b26-14+. The van der Waals surface area contributed by atoms with Gasteiger partial charge in [-0.3, -0.25) is 14.9 Å². The number of carbonyl (C=O) groups is 3. The molecule has 1 N–H and O–H groups in total. The minimum absolute atomic E-state index is 0.147. The van der Waals surface area contributed by atoms with Crippen LogP contribution in [0.3, 0.4) is 0 Å². The van der Waals surface area contributed by atoms with Crippen LogP contribution in [0.2, 0.25) is 10.0 Å². The molecule has 1 fully saturated rings. The smallest absolute Gasteiger partial charge is 0.335 e. The number of hydrogen-bond donors (Lipinski definition) is 1. The fourth-order valence-electron chi connectivity index (χ4n) is 4.46. The van der Waals surface area contributed by atoms with Crippen LogP contribution in [0.1, 0.15) is 22.5 Å². The number of carbonyl (C=O) groups excluding carboxylic acids is 3. The van der Waals surface area contributed by atoms with Gasteiger partial charge in [0.05, 0.1) is 5.69 Å². The van der Waals surface area contributed by atoms with E-state index in [2.05, 4.69) is 5.32 Å². The van der Waals surface area contributed by atoms with Crippen LogP contribution in [0, 0.1) is 19.7 Å². The molecule has 0 bridgehead atoms. The first-order chi connectivity index (χ1) is 19.1. The summed E-state index contributed by atoms with van der Waals surface area (Å²) in [6.07, 6.45) is 1.45.